The highest BCUT2D eigenvalue weighted by Gasteiger charge is 2.94. The highest BCUT2D eigenvalue weighted by Crippen LogP contribution is 2.62. The largest absolute Gasteiger partial charge is 0.473 e. The molecule has 0 N–H and O–H groups in total. The lowest BCUT2D eigenvalue weighted by Crippen LogP contribution is -2.72. The molecule has 26 heavy (non-hydrogen) atoms. The molecule has 0 aliphatic rings. The second-order valence-electron chi connectivity index (χ2n) is 4.48. The zero-order valence-electron chi connectivity index (χ0n) is 11.5. The van der Waals surface area contributed by atoms with Crippen molar-refractivity contribution in [1.82, 2.24) is 0 Å². The molecule has 0 aliphatic carbocycles. The van der Waals surface area contributed by atoms with Crippen molar-refractivity contribution in [3.8, 4) is 0 Å². The van der Waals surface area contributed by atoms with E-state index >= 15 is 0 Å². The Morgan fingerprint density at radius 2 is 0.808 bits per heavy atom. The number of carbonyl (C=O) groups is 1. The Labute approximate surface area is 131 Å². The van der Waals surface area contributed by atoms with Crippen molar-refractivity contribution in [2.75, 3.05) is 0 Å². The highest BCUT2D eigenvalue weighted by molar-refractivity contribution is 5.66. The minimum atomic E-state index is -8.40. The fraction of sp³-hybridized carbons (Fsp3) is 0.889. The van der Waals surface area contributed by atoms with E-state index in [1.165, 1.54) is 0 Å². The summed E-state index contributed by atoms with van der Waals surface area (Å²) in [5.74, 6) is -43.4. The Balaban J connectivity index is 6.46. The maximum absolute atomic E-state index is 13.0. The lowest BCUT2D eigenvalue weighted by Gasteiger charge is -2.40. The first-order chi connectivity index (χ1) is 10.9. The van der Waals surface area contributed by atoms with Crippen LogP contribution in [0.1, 0.15) is 6.92 Å². The molecular weight excluding hydrogens is 425 g/mol. The quantitative estimate of drug-likeness (QED) is 0.446. The van der Waals surface area contributed by atoms with E-state index in [0.29, 0.717) is 0 Å². The summed E-state index contributed by atoms with van der Waals surface area (Å²) in [5.41, 5.74) is 0. The van der Waals surface area contributed by atoms with E-state index in [1.54, 1.807) is 0 Å². The number of alkyl halides is 15. The Morgan fingerprint density at radius 1 is 0.538 bits per heavy atom. The monoisotopic (exact) mass is 428 g/mol. The fourth-order valence-electron chi connectivity index (χ4n) is 1.20. The van der Waals surface area contributed by atoms with Crippen LogP contribution >= 0.6 is 0 Å². The van der Waals surface area contributed by atoms with Gasteiger partial charge in [-0.15, -0.1) is 0 Å². The van der Waals surface area contributed by atoms with Crippen LogP contribution in [0.4, 0.5) is 65.9 Å². The van der Waals surface area contributed by atoms with Gasteiger partial charge in [-0.3, -0.25) is 4.79 Å². The molecule has 156 valence electrons. The number of hydrogen-bond donors (Lipinski definition) is 0. The van der Waals surface area contributed by atoms with E-state index in [9.17, 15) is 70.7 Å². The molecule has 0 saturated heterocycles. The van der Waals surface area contributed by atoms with Crippen LogP contribution in [0.25, 0.3) is 0 Å². The molecule has 0 aromatic rings. The van der Waals surface area contributed by atoms with Gasteiger partial charge in [0.25, 0.3) is 0 Å². The fourth-order valence-corrected chi connectivity index (χ4v) is 1.20. The Kier molecular flexibility index (Phi) is 5.60. The van der Waals surface area contributed by atoms with Gasteiger partial charge < -0.3 is 4.74 Å². The van der Waals surface area contributed by atoms with Gasteiger partial charge >= 0.3 is 47.9 Å². The topological polar surface area (TPSA) is 26.3 Å². The molecule has 0 saturated carbocycles. The number of carbonyl (C=O) groups excluding carboxylic acids is 1. The molecule has 0 bridgehead atoms. The normalized spacial score (nSPS) is 15.8. The summed E-state index contributed by atoms with van der Waals surface area (Å²) < 4.78 is 191. The standard InChI is InChI=1S/C9H3F15O2/c1-2(25)26-9(23,24)7(18,19)5(14,15)3(10,11)4(12,13)6(16,17)8(20,21)22/h1H3. The van der Waals surface area contributed by atoms with Gasteiger partial charge in [0.2, 0.25) is 0 Å². The second kappa shape index (κ2) is 5.97. The first-order valence-corrected chi connectivity index (χ1v) is 5.45. The van der Waals surface area contributed by atoms with Gasteiger partial charge in [-0.05, 0) is 0 Å². The van der Waals surface area contributed by atoms with Crippen molar-refractivity contribution >= 4 is 5.97 Å². The van der Waals surface area contributed by atoms with Crippen molar-refractivity contribution < 1.29 is 75.4 Å². The third-order valence-electron chi connectivity index (χ3n) is 2.57. The molecule has 0 aromatic heterocycles. The first kappa shape index (κ1) is 24.4. The lowest BCUT2D eigenvalue weighted by atomic mass is 9.93. The van der Waals surface area contributed by atoms with Crippen molar-refractivity contribution in [3.05, 3.63) is 0 Å². The molecule has 17 heteroatoms. The minimum Gasteiger partial charge on any atom is -0.396 e. The molecule has 0 aliphatic heterocycles. The van der Waals surface area contributed by atoms with Gasteiger partial charge in [-0.25, -0.2) is 0 Å². The van der Waals surface area contributed by atoms with E-state index < -0.39 is 47.9 Å². The molecule has 2 nitrogen and oxygen atoms in total. The minimum absolute atomic E-state index is 0.160. The van der Waals surface area contributed by atoms with Gasteiger partial charge in [-0.2, -0.15) is 65.9 Å². The molecule has 0 aromatic carbocycles. The predicted molar refractivity (Wildman–Crippen MR) is 47.5 cm³/mol. The van der Waals surface area contributed by atoms with Crippen LogP contribution < -0.4 is 0 Å². The van der Waals surface area contributed by atoms with Crippen LogP contribution in [0.3, 0.4) is 0 Å². The second-order valence-corrected chi connectivity index (χ2v) is 4.48. The van der Waals surface area contributed by atoms with Crippen LogP contribution in [-0.4, -0.2) is 47.9 Å². The number of rotatable bonds is 6. The number of hydrogen-bond acceptors (Lipinski definition) is 2. The predicted octanol–water partition coefficient (Wildman–Crippen LogP) is 4.88. The maximum atomic E-state index is 13.0. The SMILES string of the molecule is CC(=O)OC(F)(F)C(F)(F)C(F)(F)C(F)(F)C(F)(F)C(F)(F)C(F)(F)F. The number of ether oxygens (including phenoxy) is 1. The average molecular weight is 428 g/mol. The van der Waals surface area contributed by atoms with E-state index in [0.717, 1.165) is 0 Å². The third-order valence-corrected chi connectivity index (χ3v) is 2.57. The summed E-state index contributed by atoms with van der Waals surface area (Å²) in [6.45, 7) is -0.160. The zero-order chi connectivity index (χ0) is 21.8. The van der Waals surface area contributed by atoms with Crippen molar-refractivity contribution in [2.45, 2.75) is 48.8 Å². The molecule has 0 unspecified atom stereocenters. The molecule has 0 amide bonds. The van der Waals surface area contributed by atoms with E-state index in [-0.39, 0.29) is 6.92 Å². The van der Waals surface area contributed by atoms with Gasteiger partial charge in [-0.1, -0.05) is 0 Å². The van der Waals surface area contributed by atoms with Gasteiger partial charge in [0, 0.05) is 6.92 Å². The third kappa shape index (κ3) is 3.12. The molecule has 0 heterocycles. The summed E-state index contributed by atoms with van der Waals surface area (Å²) in [6, 6.07) is 0. The van der Waals surface area contributed by atoms with Crippen LogP contribution in [0.15, 0.2) is 0 Å². The van der Waals surface area contributed by atoms with Crippen LogP contribution in [-0.2, 0) is 9.53 Å². The molecular formula is C9H3F15O2. The van der Waals surface area contributed by atoms with Gasteiger partial charge in [0.1, 0.15) is 0 Å². The maximum Gasteiger partial charge on any atom is 0.473 e. The lowest BCUT2D eigenvalue weighted by molar-refractivity contribution is -0.467. The zero-order valence-corrected chi connectivity index (χ0v) is 11.5. The summed E-state index contributed by atoms with van der Waals surface area (Å²) in [5, 5.41) is 0. The van der Waals surface area contributed by atoms with Crippen LogP contribution in [0, 0.1) is 0 Å². The van der Waals surface area contributed by atoms with Crippen LogP contribution in [0.2, 0.25) is 0 Å². The van der Waals surface area contributed by atoms with Crippen molar-refractivity contribution in [2.24, 2.45) is 0 Å². The van der Waals surface area contributed by atoms with Gasteiger partial charge in [0.05, 0.1) is 0 Å². The summed E-state index contributed by atoms with van der Waals surface area (Å²) in [7, 11) is 0. The van der Waals surface area contributed by atoms with E-state index in [1.807, 2.05) is 0 Å². The van der Waals surface area contributed by atoms with Crippen molar-refractivity contribution in [1.29, 1.82) is 0 Å². The average Bonchev–Trinajstić information content (AvgIpc) is 2.34. The summed E-state index contributed by atoms with van der Waals surface area (Å²) >= 11 is 0. The van der Waals surface area contributed by atoms with Gasteiger partial charge in [0.15, 0.2) is 0 Å². The van der Waals surface area contributed by atoms with E-state index in [4.69, 9.17) is 0 Å². The highest BCUT2D eigenvalue weighted by atomic mass is 19.4. The van der Waals surface area contributed by atoms with Crippen molar-refractivity contribution in [3.63, 3.8) is 0 Å². The Morgan fingerprint density at radius 3 is 1.08 bits per heavy atom. The van der Waals surface area contributed by atoms with E-state index in [2.05, 4.69) is 4.74 Å². The molecule has 0 radical (unpaired) electrons. The first-order valence-electron chi connectivity index (χ1n) is 5.45. The molecule has 0 fully saturated rings. The number of esters is 1. The molecule has 0 rings (SSSR count). The molecule has 0 spiro atoms. The Hall–Kier alpha value is -1.58. The summed E-state index contributed by atoms with van der Waals surface area (Å²) in [6.07, 6.45) is -14.7. The number of halogens is 15. The van der Waals surface area contributed by atoms with Crippen LogP contribution in [0.5, 0.6) is 0 Å². The smallest absolute Gasteiger partial charge is 0.396 e. The summed E-state index contributed by atoms with van der Waals surface area (Å²) in [4.78, 5) is 10.1. The Bertz CT molecular complexity index is 546. The molecule has 0 atom stereocenters.